The Hall–Kier alpha value is -1.98. The van der Waals surface area contributed by atoms with E-state index in [4.69, 9.17) is 10.5 Å². The topological polar surface area (TPSA) is 80.5 Å². The number of nitrogens with two attached hydrogens (primary N) is 1. The normalized spacial score (nSPS) is 26.9. The van der Waals surface area contributed by atoms with Crippen LogP contribution in [0.1, 0.15) is 46.5 Å². The molecule has 3 N–H and O–H groups in total. The Bertz CT molecular complexity index is 570. The number of nitrogens with one attached hydrogen (secondary N) is 1. The van der Waals surface area contributed by atoms with Gasteiger partial charge in [-0.25, -0.2) is 9.78 Å². The molecule has 2 saturated heterocycles. The van der Waals surface area contributed by atoms with Crippen molar-refractivity contribution in [3.05, 3.63) is 18.3 Å². The van der Waals surface area contributed by atoms with E-state index in [0.717, 1.165) is 31.5 Å². The fourth-order valence-electron chi connectivity index (χ4n) is 3.64. The SMILES string of the molecule is CC(C)(C)OC(=O)N1[C@@H]2CC[C@H]1C[C@@H](Nc1ncccc1N)C2. The second-order valence-corrected chi connectivity index (χ2v) is 7.53. The highest BCUT2D eigenvalue weighted by Gasteiger charge is 2.44. The smallest absolute Gasteiger partial charge is 0.410 e. The molecular formula is C17H26N4O2. The zero-order valence-corrected chi connectivity index (χ0v) is 14.1. The molecular weight excluding hydrogens is 292 g/mol. The minimum atomic E-state index is -0.450. The van der Waals surface area contributed by atoms with Crippen molar-refractivity contribution in [1.82, 2.24) is 9.88 Å². The number of nitrogens with zero attached hydrogens (tertiary/aromatic N) is 2. The van der Waals surface area contributed by atoms with E-state index in [2.05, 4.69) is 10.3 Å². The first-order valence-electron chi connectivity index (χ1n) is 8.32. The van der Waals surface area contributed by atoms with Crippen LogP contribution in [0, 0.1) is 0 Å². The number of pyridine rings is 1. The Labute approximate surface area is 137 Å². The van der Waals surface area contributed by atoms with Gasteiger partial charge < -0.3 is 20.7 Å². The highest BCUT2D eigenvalue weighted by Crippen LogP contribution is 2.38. The molecule has 1 aromatic heterocycles. The predicted molar refractivity (Wildman–Crippen MR) is 90.2 cm³/mol. The zero-order chi connectivity index (χ0) is 16.6. The number of hydrogen-bond donors (Lipinski definition) is 2. The lowest BCUT2D eigenvalue weighted by atomic mass is 9.97. The largest absolute Gasteiger partial charge is 0.444 e. The first-order valence-corrected chi connectivity index (χ1v) is 8.32. The third kappa shape index (κ3) is 3.51. The number of piperidine rings is 1. The van der Waals surface area contributed by atoms with Gasteiger partial charge in [-0.05, 0) is 58.6 Å². The molecule has 0 spiro atoms. The number of fused-ring (bicyclic) bond motifs is 2. The van der Waals surface area contributed by atoms with E-state index in [0.29, 0.717) is 11.7 Å². The van der Waals surface area contributed by atoms with Crippen LogP contribution in [0.3, 0.4) is 0 Å². The van der Waals surface area contributed by atoms with Gasteiger partial charge in [0.05, 0.1) is 5.69 Å². The van der Waals surface area contributed by atoms with Crippen molar-refractivity contribution in [2.24, 2.45) is 0 Å². The van der Waals surface area contributed by atoms with Gasteiger partial charge in [-0.15, -0.1) is 0 Å². The van der Waals surface area contributed by atoms with E-state index in [-0.39, 0.29) is 18.2 Å². The van der Waals surface area contributed by atoms with Crippen LogP contribution >= 0.6 is 0 Å². The fourth-order valence-corrected chi connectivity index (χ4v) is 3.64. The number of ether oxygens (including phenoxy) is 1. The van der Waals surface area contributed by atoms with Gasteiger partial charge in [0, 0.05) is 24.3 Å². The van der Waals surface area contributed by atoms with Gasteiger partial charge in [0.2, 0.25) is 0 Å². The van der Waals surface area contributed by atoms with Crippen molar-refractivity contribution in [2.75, 3.05) is 11.1 Å². The lowest BCUT2D eigenvalue weighted by molar-refractivity contribution is 0.00683. The van der Waals surface area contributed by atoms with Gasteiger partial charge in [0.15, 0.2) is 0 Å². The summed E-state index contributed by atoms with van der Waals surface area (Å²) >= 11 is 0. The number of aromatic nitrogens is 1. The van der Waals surface area contributed by atoms with Crippen LogP contribution in [0.25, 0.3) is 0 Å². The van der Waals surface area contributed by atoms with Crippen molar-refractivity contribution in [3.63, 3.8) is 0 Å². The molecule has 3 atom stereocenters. The molecule has 2 bridgehead atoms. The summed E-state index contributed by atoms with van der Waals surface area (Å²) < 4.78 is 5.56. The van der Waals surface area contributed by atoms with Gasteiger partial charge in [0.25, 0.3) is 0 Å². The summed E-state index contributed by atoms with van der Waals surface area (Å²) in [7, 11) is 0. The van der Waals surface area contributed by atoms with Crippen LogP contribution in [0.4, 0.5) is 16.3 Å². The Morgan fingerprint density at radius 2 is 2.00 bits per heavy atom. The molecule has 0 unspecified atom stereocenters. The summed E-state index contributed by atoms with van der Waals surface area (Å²) in [5, 5.41) is 3.44. The quantitative estimate of drug-likeness (QED) is 0.876. The van der Waals surface area contributed by atoms with Gasteiger partial charge in [-0.2, -0.15) is 0 Å². The monoisotopic (exact) mass is 318 g/mol. The van der Waals surface area contributed by atoms with Crippen molar-refractivity contribution < 1.29 is 9.53 Å². The minimum Gasteiger partial charge on any atom is -0.444 e. The second kappa shape index (κ2) is 5.91. The van der Waals surface area contributed by atoms with E-state index >= 15 is 0 Å². The molecule has 1 aromatic rings. The average molecular weight is 318 g/mol. The van der Waals surface area contributed by atoms with Crippen LogP contribution in [-0.4, -0.2) is 39.7 Å². The number of rotatable bonds is 2. The summed E-state index contributed by atoms with van der Waals surface area (Å²) in [5.74, 6) is 0.739. The maximum Gasteiger partial charge on any atom is 0.410 e. The standard InChI is InChI=1S/C17H26N4O2/c1-17(2,3)23-16(22)21-12-6-7-13(21)10-11(9-12)20-15-14(18)5-4-8-19-15/h4-5,8,11-13H,6-7,9-10,18H2,1-3H3,(H,19,20)/t11-,12+,13-. The maximum atomic E-state index is 12.4. The van der Waals surface area contributed by atoms with Crippen molar-refractivity contribution in [3.8, 4) is 0 Å². The molecule has 126 valence electrons. The van der Waals surface area contributed by atoms with Crippen molar-refractivity contribution in [1.29, 1.82) is 0 Å². The summed E-state index contributed by atoms with van der Waals surface area (Å²) in [6, 6.07) is 4.45. The Kier molecular flexibility index (Phi) is 4.08. The van der Waals surface area contributed by atoms with Gasteiger partial charge >= 0.3 is 6.09 Å². The lowest BCUT2D eigenvalue weighted by Crippen LogP contribution is -2.51. The highest BCUT2D eigenvalue weighted by molar-refractivity contribution is 5.70. The Balaban J connectivity index is 1.65. The Morgan fingerprint density at radius 1 is 1.35 bits per heavy atom. The average Bonchev–Trinajstić information content (AvgIpc) is 2.72. The van der Waals surface area contributed by atoms with Crippen LogP contribution in [-0.2, 0) is 4.74 Å². The molecule has 2 aliphatic heterocycles. The molecule has 3 heterocycles. The van der Waals surface area contributed by atoms with Crippen molar-refractivity contribution in [2.45, 2.75) is 70.2 Å². The third-order valence-electron chi connectivity index (χ3n) is 4.52. The van der Waals surface area contributed by atoms with Crippen LogP contribution in [0.5, 0.6) is 0 Å². The van der Waals surface area contributed by atoms with Crippen LogP contribution in [0.15, 0.2) is 18.3 Å². The van der Waals surface area contributed by atoms with E-state index in [1.165, 1.54) is 0 Å². The molecule has 3 rings (SSSR count). The van der Waals surface area contributed by atoms with Crippen molar-refractivity contribution >= 4 is 17.6 Å². The molecule has 6 heteroatoms. The summed E-state index contributed by atoms with van der Waals surface area (Å²) in [6.45, 7) is 5.72. The molecule has 23 heavy (non-hydrogen) atoms. The molecule has 0 saturated carbocycles. The van der Waals surface area contributed by atoms with E-state index < -0.39 is 5.60 Å². The van der Waals surface area contributed by atoms with Gasteiger partial charge in [0.1, 0.15) is 11.4 Å². The van der Waals surface area contributed by atoms with Crippen LogP contribution in [0.2, 0.25) is 0 Å². The van der Waals surface area contributed by atoms with E-state index in [1.807, 2.05) is 37.8 Å². The maximum absolute atomic E-state index is 12.4. The fraction of sp³-hybridized carbons (Fsp3) is 0.647. The number of carbonyl (C=O) groups excluding carboxylic acids is 1. The summed E-state index contributed by atoms with van der Waals surface area (Å²) in [6.07, 6.45) is 5.46. The lowest BCUT2D eigenvalue weighted by Gasteiger charge is -2.39. The number of amides is 1. The number of nitrogen functional groups attached to an aromatic ring is 1. The first-order chi connectivity index (χ1) is 10.8. The number of hydrogen-bond acceptors (Lipinski definition) is 5. The first kappa shape index (κ1) is 15.9. The molecule has 0 radical (unpaired) electrons. The molecule has 0 aromatic carbocycles. The zero-order valence-electron chi connectivity index (χ0n) is 14.1. The molecule has 1 amide bonds. The summed E-state index contributed by atoms with van der Waals surface area (Å²) in [5.41, 5.74) is 6.17. The van der Waals surface area contributed by atoms with Gasteiger partial charge in [-0.3, -0.25) is 0 Å². The minimum absolute atomic E-state index is 0.180. The second-order valence-electron chi connectivity index (χ2n) is 7.53. The molecule has 2 fully saturated rings. The Morgan fingerprint density at radius 3 is 2.57 bits per heavy atom. The molecule has 2 aliphatic rings. The van der Waals surface area contributed by atoms with E-state index in [1.54, 1.807) is 6.20 Å². The third-order valence-corrected chi connectivity index (χ3v) is 4.52. The van der Waals surface area contributed by atoms with Gasteiger partial charge in [-0.1, -0.05) is 0 Å². The predicted octanol–water partition coefficient (Wildman–Crippen LogP) is 3.01. The molecule has 0 aliphatic carbocycles. The number of carbonyl (C=O) groups is 1. The van der Waals surface area contributed by atoms with Crippen LogP contribution < -0.4 is 11.1 Å². The summed E-state index contributed by atoms with van der Waals surface area (Å²) in [4.78, 5) is 18.7. The van der Waals surface area contributed by atoms with E-state index in [9.17, 15) is 4.79 Å². The highest BCUT2D eigenvalue weighted by atomic mass is 16.6. The number of anilines is 2. The molecule has 6 nitrogen and oxygen atoms in total.